The molecule has 0 unspecified atom stereocenters. The van der Waals surface area contributed by atoms with Crippen molar-refractivity contribution < 1.29 is 9.90 Å². The van der Waals surface area contributed by atoms with Crippen molar-refractivity contribution in [1.82, 2.24) is 14.8 Å². The van der Waals surface area contributed by atoms with Gasteiger partial charge >= 0.3 is 11.7 Å². The van der Waals surface area contributed by atoms with E-state index in [1.54, 1.807) is 18.2 Å². The van der Waals surface area contributed by atoms with Crippen molar-refractivity contribution in [3.8, 4) is 5.69 Å². The number of rotatable bonds is 4. The summed E-state index contributed by atoms with van der Waals surface area (Å²) < 4.78 is 2.88. The Morgan fingerprint density at radius 2 is 2.21 bits per heavy atom. The second kappa shape index (κ2) is 5.93. The first-order valence-corrected chi connectivity index (χ1v) is 7.53. The Balaban J connectivity index is 2.46. The molecule has 1 aromatic carbocycles. The molecule has 0 aliphatic carbocycles. The summed E-state index contributed by atoms with van der Waals surface area (Å²) in [7, 11) is 0. The molecule has 9 heteroatoms. The van der Waals surface area contributed by atoms with Crippen LogP contribution in [0.15, 0.2) is 37.1 Å². The molecule has 100 valence electrons. The molecule has 0 aliphatic rings. The predicted octanol–water partition coefficient (Wildman–Crippen LogP) is 2.26. The van der Waals surface area contributed by atoms with Gasteiger partial charge in [0.2, 0.25) is 0 Å². The normalized spacial score (nSPS) is 10.6. The molecule has 0 bridgehead atoms. The number of nitrogens with one attached hydrogen (secondary N) is 1. The summed E-state index contributed by atoms with van der Waals surface area (Å²) in [5.41, 5.74) is 0.172. The van der Waals surface area contributed by atoms with Gasteiger partial charge in [-0.05, 0) is 34.1 Å². The minimum atomic E-state index is -0.970. The third-order valence-corrected chi connectivity index (χ3v) is 4.17. The van der Waals surface area contributed by atoms with Crippen LogP contribution in [0.25, 0.3) is 5.69 Å². The Hall–Kier alpha value is -1.06. The number of nitrogens with zero attached hydrogens (tertiary/aromatic N) is 2. The van der Waals surface area contributed by atoms with Gasteiger partial charge in [-0.15, -0.1) is 5.10 Å². The van der Waals surface area contributed by atoms with Gasteiger partial charge in [-0.1, -0.05) is 27.7 Å². The first-order chi connectivity index (χ1) is 8.99. The predicted molar refractivity (Wildman–Crippen MR) is 77.9 cm³/mol. The maximum atomic E-state index is 11.8. The second-order valence-corrected chi connectivity index (χ2v) is 6.14. The van der Waals surface area contributed by atoms with E-state index in [2.05, 4.69) is 42.1 Å². The van der Waals surface area contributed by atoms with Gasteiger partial charge in [-0.3, -0.25) is 4.79 Å². The summed E-state index contributed by atoms with van der Waals surface area (Å²) in [4.78, 5) is 22.4. The number of H-pyrrole nitrogens is 1. The Labute approximate surface area is 128 Å². The molecule has 19 heavy (non-hydrogen) atoms. The van der Waals surface area contributed by atoms with Crippen LogP contribution in [-0.4, -0.2) is 31.6 Å². The molecule has 0 atom stereocenters. The van der Waals surface area contributed by atoms with Gasteiger partial charge in [-0.25, -0.2) is 14.5 Å². The topological polar surface area (TPSA) is 88.0 Å². The summed E-state index contributed by atoms with van der Waals surface area (Å²) in [6.45, 7) is 0. The Morgan fingerprint density at radius 3 is 2.84 bits per heavy atom. The molecule has 2 N–H and O–H groups in total. The fourth-order valence-corrected chi connectivity index (χ4v) is 3.28. The number of benzene rings is 1. The van der Waals surface area contributed by atoms with Gasteiger partial charge in [0.15, 0.2) is 5.16 Å². The number of carbonyl (C=O) groups is 1. The quantitative estimate of drug-likeness (QED) is 0.757. The van der Waals surface area contributed by atoms with Gasteiger partial charge in [0.25, 0.3) is 0 Å². The van der Waals surface area contributed by atoms with Crippen LogP contribution in [0.1, 0.15) is 0 Å². The lowest BCUT2D eigenvalue weighted by atomic mass is 10.3. The number of aromatic nitrogens is 3. The van der Waals surface area contributed by atoms with E-state index in [1.165, 1.54) is 4.57 Å². The van der Waals surface area contributed by atoms with Crippen LogP contribution in [0.4, 0.5) is 0 Å². The van der Waals surface area contributed by atoms with Crippen molar-refractivity contribution in [2.75, 3.05) is 5.75 Å². The number of thioether (sulfide) groups is 1. The summed E-state index contributed by atoms with van der Waals surface area (Å²) in [6.07, 6.45) is 0. The van der Waals surface area contributed by atoms with Crippen molar-refractivity contribution in [3.05, 3.63) is 37.6 Å². The number of carboxylic acid groups (broad SMARTS) is 1. The largest absolute Gasteiger partial charge is 0.481 e. The van der Waals surface area contributed by atoms with E-state index in [4.69, 9.17) is 5.11 Å². The molecule has 0 amide bonds. The van der Waals surface area contributed by atoms with E-state index in [0.29, 0.717) is 15.3 Å². The van der Waals surface area contributed by atoms with Crippen LogP contribution < -0.4 is 5.69 Å². The summed E-state index contributed by atoms with van der Waals surface area (Å²) in [6, 6.07) is 5.31. The number of hydrogen-bond donors (Lipinski definition) is 2. The van der Waals surface area contributed by atoms with Crippen molar-refractivity contribution in [1.29, 1.82) is 0 Å². The van der Waals surface area contributed by atoms with E-state index < -0.39 is 11.7 Å². The van der Waals surface area contributed by atoms with Gasteiger partial charge in [0, 0.05) is 8.95 Å². The van der Waals surface area contributed by atoms with Crippen LogP contribution >= 0.6 is 43.6 Å². The van der Waals surface area contributed by atoms with Crippen LogP contribution in [0.3, 0.4) is 0 Å². The molecule has 2 rings (SSSR count). The monoisotopic (exact) mass is 407 g/mol. The fourth-order valence-electron chi connectivity index (χ4n) is 1.38. The van der Waals surface area contributed by atoms with Crippen molar-refractivity contribution in [3.63, 3.8) is 0 Å². The van der Waals surface area contributed by atoms with Gasteiger partial charge in [-0.2, -0.15) is 0 Å². The SMILES string of the molecule is O=C(O)CSc1n[nH]c(=O)n1-c1ccc(Br)cc1Br. The average Bonchev–Trinajstić information content (AvgIpc) is 2.68. The molecule has 2 aromatic rings. The van der Waals surface area contributed by atoms with Crippen LogP contribution in [0, 0.1) is 0 Å². The smallest absolute Gasteiger partial charge is 0.348 e. The highest BCUT2D eigenvalue weighted by Gasteiger charge is 2.14. The summed E-state index contributed by atoms with van der Waals surface area (Å²) in [5, 5.41) is 15.1. The first-order valence-electron chi connectivity index (χ1n) is 4.96. The van der Waals surface area contributed by atoms with Gasteiger partial charge in [0.05, 0.1) is 11.4 Å². The molecular weight excluding hydrogens is 402 g/mol. The van der Waals surface area contributed by atoms with Gasteiger partial charge in [0.1, 0.15) is 0 Å². The fraction of sp³-hybridized carbons (Fsp3) is 0.100. The third-order valence-electron chi connectivity index (χ3n) is 2.12. The molecule has 1 heterocycles. The molecule has 0 radical (unpaired) electrons. The number of aromatic amines is 1. The number of hydrogen-bond acceptors (Lipinski definition) is 4. The molecule has 0 fully saturated rings. The lowest BCUT2D eigenvalue weighted by molar-refractivity contribution is -0.133. The molecular formula is C10H7Br2N3O3S. The molecule has 1 aromatic heterocycles. The van der Waals surface area contributed by atoms with Crippen LogP contribution in [-0.2, 0) is 4.79 Å². The van der Waals surface area contributed by atoms with E-state index in [-0.39, 0.29) is 5.75 Å². The molecule has 0 aliphatic heterocycles. The van der Waals surface area contributed by atoms with Crippen molar-refractivity contribution in [2.45, 2.75) is 5.16 Å². The van der Waals surface area contributed by atoms with Crippen LogP contribution in [0.5, 0.6) is 0 Å². The van der Waals surface area contributed by atoms with Crippen LogP contribution in [0.2, 0.25) is 0 Å². The Bertz CT molecular complexity index is 683. The van der Waals surface area contributed by atoms with Crippen molar-refractivity contribution >= 4 is 49.6 Å². The zero-order valence-electron chi connectivity index (χ0n) is 9.26. The molecule has 0 saturated heterocycles. The standard InChI is InChI=1S/C10H7Br2N3O3S/c11-5-1-2-7(6(12)3-5)15-9(18)13-14-10(15)19-4-8(16)17/h1-3H,4H2,(H,13,18)(H,16,17). The second-order valence-electron chi connectivity index (χ2n) is 3.42. The zero-order chi connectivity index (χ0) is 14.0. The minimum absolute atomic E-state index is 0.168. The summed E-state index contributed by atoms with van der Waals surface area (Å²) >= 11 is 7.65. The number of halogens is 2. The van der Waals surface area contributed by atoms with E-state index >= 15 is 0 Å². The Morgan fingerprint density at radius 1 is 1.47 bits per heavy atom. The molecule has 6 nitrogen and oxygen atoms in total. The highest BCUT2D eigenvalue weighted by molar-refractivity contribution is 9.11. The highest BCUT2D eigenvalue weighted by atomic mass is 79.9. The minimum Gasteiger partial charge on any atom is -0.481 e. The van der Waals surface area contributed by atoms with Crippen molar-refractivity contribution in [2.24, 2.45) is 0 Å². The molecule has 0 spiro atoms. The lowest BCUT2D eigenvalue weighted by Crippen LogP contribution is -2.16. The lowest BCUT2D eigenvalue weighted by Gasteiger charge is -2.07. The van der Waals surface area contributed by atoms with E-state index in [0.717, 1.165) is 16.2 Å². The van der Waals surface area contributed by atoms with E-state index in [9.17, 15) is 9.59 Å². The molecule has 0 saturated carbocycles. The summed E-state index contributed by atoms with van der Waals surface area (Å²) in [5.74, 6) is -1.14. The zero-order valence-corrected chi connectivity index (χ0v) is 13.2. The average molecular weight is 409 g/mol. The third kappa shape index (κ3) is 3.28. The highest BCUT2D eigenvalue weighted by Crippen LogP contribution is 2.26. The maximum Gasteiger partial charge on any atom is 0.348 e. The first kappa shape index (κ1) is 14.4. The number of aliphatic carboxylic acids is 1. The maximum absolute atomic E-state index is 11.8. The van der Waals surface area contributed by atoms with E-state index in [1.807, 2.05) is 0 Å². The van der Waals surface area contributed by atoms with Gasteiger partial charge < -0.3 is 5.11 Å². The number of carboxylic acids is 1. The Kier molecular flexibility index (Phi) is 4.48.